The molecular formula is C12H15F3N2OS. The van der Waals surface area contributed by atoms with Gasteiger partial charge in [0.25, 0.3) is 0 Å². The molecule has 0 unspecified atom stereocenters. The molecule has 106 valence electrons. The number of carbonyl (C=O) groups excluding carboxylic acids is 1. The third-order valence-corrected chi connectivity index (χ3v) is 3.23. The number of nitrogens with two attached hydrogens (primary N) is 1. The predicted octanol–water partition coefficient (Wildman–Crippen LogP) is 2.01. The van der Waals surface area contributed by atoms with E-state index in [4.69, 9.17) is 5.73 Å². The van der Waals surface area contributed by atoms with Gasteiger partial charge in [-0.3, -0.25) is 4.79 Å². The molecule has 1 aromatic carbocycles. The van der Waals surface area contributed by atoms with Crippen molar-refractivity contribution in [2.45, 2.75) is 12.7 Å². The number of carbonyl (C=O) groups is 1. The molecule has 0 bridgehead atoms. The lowest BCUT2D eigenvalue weighted by Gasteiger charge is -2.09. The van der Waals surface area contributed by atoms with Crippen molar-refractivity contribution in [3.63, 3.8) is 0 Å². The van der Waals surface area contributed by atoms with Crippen LogP contribution in [-0.2, 0) is 17.5 Å². The van der Waals surface area contributed by atoms with Gasteiger partial charge in [-0.2, -0.15) is 24.9 Å². The van der Waals surface area contributed by atoms with Crippen LogP contribution in [-0.4, -0.2) is 24.0 Å². The van der Waals surface area contributed by atoms with Crippen LogP contribution in [0.1, 0.15) is 11.1 Å². The Morgan fingerprint density at radius 2 is 2.11 bits per heavy atom. The normalized spacial score (nSPS) is 11.4. The van der Waals surface area contributed by atoms with Crippen LogP contribution >= 0.6 is 11.8 Å². The SMILES string of the molecule is NCCSCC(=O)NCc1cccc(C(F)(F)F)c1. The van der Waals surface area contributed by atoms with Gasteiger partial charge in [-0.15, -0.1) is 0 Å². The van der Waals surface area contributed by atoms with Gasteiger partial charge in [0, 0.05) is 18.8 Å². The fourth-order valence-electron chi connectivity index (χ4n) is 1.36. The lowest BCUT2D eigenvalue weighted by molar-refractivity contribution is -0.137. The van der Waals surface area contributed by atoms with E-state index in [1.807, 2.05) is 0 Å². The van der Waals surface area contributed by atoms with Crippen LogP contribution in [0.5, 0.6) is 0 Å². The van der Waals surface area contributed by atoms with Crippen molar-refractivity contribution in [2.75, 3.05) is 18.1 Å². The summed E-state index contributed by atoms with van der Waals surface area (Å²) in [5.74, 6) is 0.725. The number of nitrogens with one attached hydrogen (secondary N) is 1. The van der Waals surface area contributed by atoms with Gasteiger partial charge in [0.05, 0.1) is 11.3 Å². The summed E-state index contributed by atoms with van der Waals surface area (Å²) >= 11 is 1.39. The van der Waals surface area contributed by atoms with Crippen molar-refractivity contribution in [3.05, 3.63) is 35.4 Å². The van der Waals surface area contributed by atoms with Gasteiger partial charge in [-0.25, -0.2) is 0 Å². The molecule has 0 fully saturated rings. The van der Waals surface area contributed by atoms with E-state index in [1.165, 1.54) is 17.8 Å². The first kappa shape index (κ1) is 15.8. The Kier molecular flexibility index (Phi) is 6.17. The fourth-order valence-corrected chi connectivity index (χ4v) is 1.96. The van der Waals surface area contributed by atoms with E-state index >= 15 is 0 Å². The highest BCUT2D eigenvalue weighted by atomic mass is 32.2. The van der Waals surface area contributed by atoms with Crippen LogP contribution in [0.25, 0.3) is 0 Å². The first-order valence-electron chi connectivity index (χ1n) is 5.64. The lowest BCUT2D eigenvalue weighted by Crippen LogP contribution is -2.25. The molecule has 0 radical (unpaired) electrons. The number of rotatable bonds is 6. The van der Waals surface area contributed by atoms with E-state index < -0.39 is 11.7 Å². The summed E-state index contributed by atoms with van der Waals surface area (Å²) in [6.45, 7) is 0.581. The number of halogens is 3. The van der Waals surface area contributed by atoms with E-state index in [9.17, 15) is 18.0 Å². The third-order valence-electron chi connectivity index (χ3n) is 2.24. The molecule has 3 N–H and O–H groups in total. The summed E-state index contributed by atoms with van der Waals surface area (Å²) in [5.41, 5.74) is 4.99. The van der Waals surface area contributed by atoms with Crippen LogP contribution in [0.15, 0.2) is 24.3 Å². The Morgan fingerprint density at radius 3 is 2.74 bits per heavy atom. The molecular weight excluding hydrogens is 277 g/mol. The van der Waals surface area contributed by atoms with Crippen molar-refractivity contribution < 1.29 is 18.0 Å². The Hall–Kier alpha value is -1.21. The second kappa shape index (κ2) is 7.40. The minimum atomic E-state index is -4.36. The zero-order valence-electron chi connectivity index (χ0n) is 10.2. The van der Waals surface area contributed by atoms with Crippen molar-refractivity contribution >= 4 is 17.7 Å². The minimum absolute atomic E-state index is 0.0892. The molecule has 3 nitrogen and oxygen atoms in total. The highest BCUT2D eigenvalue weighted by molar-refractivity contribution is 7.99. The highest BCUT2D eigenvalue weighted by Crippen LogP contribution is 2.29. The van der Waals surface area contributed by atoms with Gasteiger partial charge in [-0.1, -0.05) is 12.1 Å². The van der Waals surface area contributed by atoms with Crippen LogP contribution in [0.4, 0.5) is 13.2 Å². The van der Waals surface area contributed by atoms with E-state index in [0.29, 0.717) is 17.9 Å². The largest absolute Gasteiger partial charge is 0.416 e. The molecule has 1 amide bonds. The number of thioether (sulfide) groups is 1. The maximum absolute atomic E-state index is 12.5. The minimum Gasteiger partial charge on any atom is -0.351 e. The van der Waals surface area contributed by atoms with E-state index in [1.54, 1.807) is 6.07 Å². The molecule has 0 saturated carbocycles. The van der Waals surface area contributed by atoms with Gasteiger partial charge < -0.3 is 11.1 Å². The van der Waals surface area contributed by atoms with E-state index in [0.717, 1.165) is 12.1 Å². The number of benzene rings is 1. The zero-order valence-corrected chi connectivity index (χ0v) is 11.0. The molecule has 0 aliphatic heterocycles. The summed E-state index contributed by atoms with van der Waals surface area (Å²) in [7, 11) is 0. The Labute approximate surface area is 113 Å². The lowest BCUT2D eigenvalue weighted by atomic mass is 10.1. The van der Waals surface area contributed by atoms with Crippen molar-refractivity contribution in [1.82, 2.24) is 5.32 Å². The van der Waals surface area contributed by atoms with Gasteiger partial charge in [0.15, 0.2) is 0 Å². The second-order valence-corrected chi connectivity index (χ2v) is 4.92. The molecule has 0 atom stereocenters. The second-order valence-electron chi connectivity index (χ2n) is 3.82. The third kappa shape index (κ3) is 5.98. The van der Waals surface area contributed by atoms with Gasteiger partial charge in [-0.05, 0) is 17.7 Å². The highest BCUT2D eigenvalue weighted by Gasteiger charge is 2.30. The molecule has 0 saturated heterocycles. The predicted molar refractivity (Wildman–Crippen MR) is 69.7 cm³/mol. The van der Waals surface area contributed by atoms with Crippen LogP contribution in [0.2, 0.25) is 0 Å². The maximum atomic E-state index is 12.5. The maximum Gasteiger partial charge on any atom is 0.416 e. The Morgan fingerprint density at radius 1 is 1.37 bits per heavy atom. The van der Waals surface area contributed by atoms with Crippen molar-refractivity contribution in [2.24, 2.45) is 5.73 Å². The van der Waals surface area contributed by atoms with Crippen molar-refractivity contribution in [1.29, 1.82) is 0 Å². The van der Waals surface area contributed by atoms with Gasteiger partial charge in [0.2, 0.25) is 5.91 Å². The summed E-state index contributed by atoms with van der Waals surface area (Å²) in [5, 5.41) is 2.57. The molecule has 0 aliphatic rings. The van der Waals surface area contributed by atoms with Gasteiger partial charge >= 0.3 is 6.18 Å². The first-order valence-corrected chi connectivity index (χ1v) is 6.79. The zero-order chi connectivity index (χ0) is 14.3. The smallest absolute Gasteiger partial charge is 0.351 e. The molecule has 0 spiro atoms. The molecule has 0 heterocycles. The van der Waals surface area contributed by atoms with Gasteiger partial charge in [0.1, 0.15) is 0 Å². The molecule has 1 rings (SSSR count). The quantitative estimate of drug-likeness (QED) is 0.789. The number of alkyl halides is 3. The number of hydrogen-bond acceptors (Lipinski definition) is 3. The molecule has 19 heavy (non-hydrogen) atoms. The summed E-state index contributed by atoms with van der Waals surface area (Å²) in [6, 6.07) is 4.91. The summed E-state index contributed by atoms with van der Waals surface area (Å²) in [4.78, 5) is 11.4. The van der Waals surface area contributed by atoms with Crippen molar-refractivity contribution in [3.8, 4) is 0 Å². The van der Waals surface area contributed by atoms with E-state index in [2.05, 4.69) is 5.32 Å². The Balaban J connectivity index is 2.47. The van der Waals surface area contributed by atoms with Crippen LogP contribution in [0.3, 0.4) is 0 Å². The topological polar surface area (TPSA) is 55.1 Å². The summed E-state index contributed by atoms with van der Waals surface area (Å²) in [6.07, 6.45) is -4.36. The van der Waals surface area contributed by atoms with E-state index in [-0.39, 0.29) is 18.2 Å². The standard InChI is InChI=1S/C12H15F3N2OS/c13-12(14,15)10-3-1-2-9(6-10)7-17-11(18)8-19-5-4-16/h1-3,6H,4-5,7-8,16H2,(H,17,18). The molecule has 0 aliphatic carbocycles. The van der Waals surface area contributed by atoms with Crippen LogP contribution < -0.4 is 11.1 Å². The molecule has 7 heteroatoms. The number of hydrogen-bond donors (Lipinski definition) is 2. The fraction of sp³-hybridized carbons (Fsp3) is 0.417. The summed E-state index contributed by atoms with van der Waals surface area (Å²) < 4.78 is 37.4. The molecule has 0 aromatic heterocycles. The average Bonchev–Trinajstić information content (AvgIpc) is 2.36. The average molecular weight is 292 g/mol. The van der Waals surface area contributed by atoms with Crippen LogP contribution in [0, 0.1) is 0 Å². The molecule has 1 aromatic rings. The number of amides is 1. The monoisotopic (exact) mass is 292 g/mol. The first-order chi connectivity index (χ1) is 8.93. The Bertz CT molecular complexity index is 424.